The van der Waals surface area contributed by atoms with Gasteiger partial charge in [-0.1, -0.05) is 51.8 Å². The summed E-state index contributed by atoms with van der Waals surface area (Å²) in [7, 11) is 0. The van der Waals surface area contributed by atoms with Crippen LogP contribution in [0.15, 0.2) is 46.7 Å². The van der Waals surface area contributed by atoms with Gasteiger partial charge in [-0.3, -0.25) is 4.79 Å². The van der Waals surface area contributed by atoms with E-state index >= 15 is 0 Å². The molecule has 2 heterocycles. The number of aliphatic imine (C=N–C) groups is 1. The van der Waals surface area contributed by atoms with Crippen molar-refractivity contribution in [2.24, 2.45) is 10.9 Å². The SMILES string of the molecule is CCC/C=C(NCCCN1CCC(C)CCCC1=O)/C(=C\N=C(C)Nc1ccc(C2CCOCC2)cc1CC)C(F)(F)F. The molecule has 2 aliphatic heterocycles. The second-order valence-corrected chi connectivity index (χ2v) is 11.9. The lowest BCUT2D eigenvalue weighted by molar-refractivity contribution is -0.132. The number of amidine groups is 1. The van der Waals surface area contributed by atoms with E-state index in [1.54, 1.807) is 13.0 Å². The third kappa shape index (κ3) is 11.3. The summed E-state index contributed by atoms with van der Waals surface area (Å²) < 4.78 is 48.4. The zero-order valence-electron chi connectivity index (χ0n) is 26.5. The quantitative estimate of drug-likeness (QED) is 0.109. The molecule has 0 aromatic heterocycles. The Labute approximate surface area is 256 Å². The molecular formula is C34H51F3N4O2. The number of alkyl halides is 3. The number of ether oxygens (including phenoxy) is 1. The number of halogens is 3. The molecule has 240 valence electrons. The fourth-order valence-corrected chi connectivity index (χ4v) is 5.70. The Bertz CT molecular complexity index is 1120. The number of nitrogens with one attached hydrogen (secondary N) is 2. The number of nitrogens with zero attached hydrogens (tertiary/aromatic N) is 2. The fourth-order valence-electron chi connectivity index (χ4n) is 5.70. The van der Waals surface area contributed by atoms with Crippen LogP contribution >= 0.6 is 0 Å². The van der Waals surface area contributed by atoms with Crippen LogP contribution in [0, 0.1) is 5.92 Å². The normalized spacial score (nSPS) is 20.2. The predicted octanol–water partition coefficient (Wildman–Crippen LogP) is 8.12. The molecule has 9 heteroatoms. The van der Waals surface area contributed by atoms with Gasteiger partial charge in [-0.2, -0.15) is 13.2 Å². The summed E-state index contributed by atoms with van der Waals surface area (Å²) in [5.74, 6) is 1.58. The molecule has 0 saturated carbocycles. The number of amides is 1. The molecule has 2 saturated heterocycles. The van der Waals surface area contributed by atoms with Crippen LogP contribution in [0.2, 0.25) is 0 Å². The van der Waals surface area contributed by atoms with Crippen molar-refractivity contribution in [1.82, 2.24) is 10.2 Å². The van der Waals surface area contributed by atoms with Gasteiger partial charge in [-0.05, 0) is 80.9 Å². The first kappa shape index (κ1) is 34.7. The lowest BCUT2D eigenvalue weighted by atomic mass is 9.90. The van der Waals surface area contributed by atoms with Crippen LogP contribution in [-0.4, -0.2) is 55.7 Å². The molecule has 0 bridgehead atoms. The average Bonchev–Trinajstić information content (AvgIpc) is 2.98. The van der Waals surface area contributed by atoms with Crippen LogP contribution in [0.4, 0.5) is 18.9 Å². The number of allylic oxidation sites excluding steroid dienone is 2. The van der Waals surface area contributed by atoms with Crippen molar-refractivity contribution in [3.8, 4) is 0 Å². The van der Waals surface area contributed by atoms with Crippen LogP contribution in [0.1, 0.15) is 103 Å². The lowest BCUT2D eigenvalue weighted by Gasteiger charge is -2.27. The fraction of sp³-hybridized carbons (Fsp3) is 0.647. The highest BCUT2D eigenvalue weighted by Gasteiger charge is 2.36. The van der Waals surface area contributed by atoms with Crippen molar-refractivity contribution in [3.63, 3.8) is 0 Å². The van der Waals surface area contributed by atoms with E-state index in [9.17, 15) is 18.0 Å². The maximum absolute atomic E-state index is 14.3. The van der Waals surface area contributed by atoms with Crippen molar-refractivity contribution in [1.29, 1.82) is 0 Å². The molecule has 1 aromatic rings. The number of rotatable bonds is 12. The molecule has 0 aliphatic carbocycles. The van der Waals surface area contributed by atoms with Crippen molar-refractivity contribution in [3.05, 3.63) is 52.9 Å². The van der Waals surface area contributed by atoms with Gasteiger partial charge in [0.05, 0.1) is 5.57 Å². The van der Waals surface area contributed by atoms with Gasteiger partial charge in [0, 0.05) is 56.9 Å². The molecule has 1 unspecified atom stereocenters. The first-order valence-electron chi connectivity index (χ1n) is 16.1. The summed E-state index contributed by atoms with van der Waals surface area (Å²) in [4.78, 5) is 18.6. The first-order chi connectivity index (χ1) is 20.6. The number of aryl methyl sites for hydroxylation is 1. The Kier molecular flexibility index (Phi) is 14.1. The summed E-state index contributed by atoms with van der Waals surface area (Å²) in [6.07, 6.45) is 6.03. The highest BCUT2D eigenvalue weighted by Crippen LogP contribution is 2.32. The molecule has 0 spiro atoms. The number of carbonyl (C=O) groups excluding carboxylic acids is 1. The van der Waals surface area contributed by atoms with Crippen LogP contribution in [-0.2, 0) is 16.0 Å². The van der Waals surface area contributed by atoms with Crippen molar-refractivity contribution < 1.29 is 22.7 Å². The number of likely N-dealkylation sites (tertiary alicyclic amines) is 1. The minimum atomic E-state index is -4.58. The minimum Gasteiger partial charge on any atom is -0.385 e. The predicted molar refractivity (Wildman–Crippen MR) is 169 cm³/mol. The van der Waals surface area contributed by atoms with Gasteiger partial charge in [0.1, 0.15) is 5.84 Å². The molecule has 1 aromatic carbocycles. The van der Waals surface area contributed by atoms with Crippen molar-refractivity contribution in [2.45, 2.75) is 104 Å². The van der Waals surface area contributed by atoms with Gasteiger partial charge in [0.2, 0.25) is 5.91 Å². The van der Waals surface area contributed by atoms with E-state index in [1.165, 1.54) is 5.56 Å². The van der Waals surface area contributed by atoms with Crippen LogP contribution < -0.4 is 10.6 Å². The topological polar surface area (TPSA) is 66.0 Å². The Hall–Kier alpha value is -2.81. The van der Waals surface area contributed by atoms with Gasteiger partial charge >= 0.3 is 6.18 Å². The second kappa shape index (κ2) is 17.5. The number of hydrogen-bond acceptors (Lipinski definition) is 4. The van der Waals surface area contributed by atoms with Gasteiger partial charge in [-0.15, -0.1) is 0 Å². The third-order valence-electron chi connectivity index (χ3n) is 8.39. The van der Waals surface area contributed by atoms with E-state index in [2.05, 4.69) is 41.6 Å². The van der Waals surface area contributed by atoms with Crippen molar-refractivity contribution >= 4 is 17.4 Å². The maximum Gasteiger partial charge on any atom is 0.419 e. The van der Waals surface area contributed by atoms with Crippen LogP contribution in [0.25, 0.3) is 0 Å². The molecule has 2 aliphatic rings. The van der Waals surface area contributed by atoms with Gasteiger partial charge in [0.15, 0.2) is 0 Å². The van der Waals surface area contributed by atoms with E-state index in [0.29, 0.717) is 56.6 Å². The van der Waals surface area contributed by atoms with E-state index in [4.69, 9.17) is 4.74 Å². The first-order valence-corrected chi connectivity index (χ1v) is 16.1. The number of carbonyl (C=O) groups is 1. The average molecular weight is 605 g/mol. The summed E-state index contributed by atoms with van der Waals surface area (Å²) in [6.45, 7) is 11.0. The molecule has 6 nitrogen and oxygen atoms in total. The number of anilines is 1. The maximum atomic E-state index is 14.3. The Morgan fingerprint density at radius 2 is 1.93 bits per heavy atom. The van der Waals surface area contributed by atoms with Crippen molar-refractivity contribution in [2.75, 3.05) is 38.2 Å². The van der Waals surface area contributed by atoms with E-state index in [0.717, 1.165) is 75.6 Å². The highest BCUT2D eigenvalue weighted by atomic mass is 19.4. The summed E-state index contributed by atoms with van der Waals surface area (Å²) in [5, 5.41) is 6.24. The van der Waals surface area contributed by atoms with Gasteiger partial charge < -0.3 is 20.3 Å². The van der Waals surface area contributed by atoms with Crippen LogP contribution in [0.5, 0.6) is 0 Å². The van der Waals surface area contributed by atoms with Gasteiger partial charge in [-0.25, -0.2) is 4.99 Å². The molecule has 43 heavy (non-hydrogen) atoms. The minimum absolute atomic E-state index is 0.0357. The monoisotopic (exact) mass is 604 g/mol. The smallest absolute Gasteiger partial charge is 0.385 e. The lowest BCUT2D eigenvalue weighted by Crippen LogP contribution is -2.36. The number of hydrogen-bond donors (Lipinski definition) is 2. The zero-order valence-corrected chi connectivity index (χ0v) is 26.5. The number of benzene rings is 1. The summed E-state index contributed by atoms with van der Waals surface area (Å²) >= 11 is 0. The molecule has 2 fully saturated rings. The van der Waals surface area contributed by atoms with E-state index in [1.807, 2.05) is 17.9 Å². The molecule has 1 amide bonds. The third-order valence-corrected chi connectivity index (χ3v) is 8.39. The zero-order chi connectivity index (χ0) is 31.2. The molecule has 2 N–H and O–H groups in total. The molecular weight excluding hydrogens is 553 g/mol. The Morgan fingerprint density at radius 3 is 2.63 bits per heavy atom. The van der Waals surface area contributed by atoms with Crippen LogP contribution in [0.3, 0.4) is 0 Å². The summed E-state index contributed by atoms with van der Waals surface area (Å²) in [6, 6.07) is 6.29. The Balaban J connectivity index is 1.69. The Morgan fingerprint density at radius 1 is 1.16 bits per heavy atom. The summed E-state index contributed by atoms with van der Waals surface area (Å²) in [5.41, 5.74) is 2.48. The number of unbranched alkanes of at least 4 members (excludes halogenated alkanes) is 1. The highest BCUT2D eigenvalue weighted by molar-refractivity contribution is 5.94. The largest absolute Gasteiger partial charge is 0.419 e. The van der Waals surface area contributed by atoms with E-state index in [-0.39, 0.29) is 11.6 Å². The standard InChI is InChI=1S/C34H51F3N4O2/c1-5-7-11-32(38-18-9-19-41-20-15-25(3)10-8-12-33(41)42)30(34(35,36)37)24-39-26(4)40-31-14-13-29(23-27(31)6-2)28-16-21-43-22-17-28/h11,13-14,23-25,28,38H,5-10,12,15-22H2,1-4H3,(H,39,40)/b30-24+,32-11-. The van der Waals surface area contributed by atoms with Gasteiger partial charge in [0.25, 0.3) is 0 Å². The van der Waals surface area contributed by atoms with E-state index < -0.39 is 11.7 Å². The molecule has 1 atom stereocenters. The second-order valence-electron chi connectivity index (χ2n) is 11.9. The molecule has 3 rings (SSSR count). The molecule has 0 radical (unpaired) electrons.